The van der Waals surface area contributed by atoms with Crippen LogP contribution in [0.25, 0.3) is 0 Å². The van der Waals surface area contributed by atoms with Gasteiger partial charge in [0.2, 0.25) is 5.91 Å². The summed E-state index contributed by atoms with van der Waals surface area (Å²) in [5.74, 6) is -0.0288. The number of unbranched alkanes of at least 4 members (excludes halogenated alkanes) is 45. The van der Waals surface area contributed by atoms with E-state index in [0.717, 1.165) is 44.9 Å². The van der Waals surface area contributed by atoms with Gasteiger partial charge in [-0.2, -0.15) is 0 Å². The molecule has 0 aliphatic heterocycles. The molecule has 0 radical (unpaired) electrons. The molecule has 0 aromatic rings. The van der Waals surface area contributed by atoms with Gasteiger partial charge in [0, 0.05) is 12.8 Å². The predicted octanol–water partition coefficient (Wildman–Crippen LogP) is 20.2. The molecular weight excluding hydrogens is 875 g/mol. The normalized spacial score (nSPS) is 12.7. The average Bonchev–Trinajstić information content (AvgIpc) is 3.37. The summed E-state index contributed by atoms with van der Waals surface area (Å²) in [6.07, 6.45) is 74.8. The van der Waals surface area contributed by atoms with Crippen LogP contribution in [0.4, 0.5) is 0 Å². The highest BCUT2D eigenvalue weighted by Crippen LogP contribution is 2.18. The van der Waals surface area contributed by atoms with Gasteiger partial charge >= 0.3 is 5.97 Å². The number of aliphatic hydroxyl groups is 2. The van der Waals surface area contributed by atoms with E-state index in [-0.39, 0.29) is 18.5 Å². The first kappa shape index (κ1) is 69.3. The molecule has 0 aliphatic rings. The summed E-state index contributed by atoms with van der Waals surface area (Å²) in [5, 5.41) is 23.2. The minimum absolute atomic E-state index is 0.0100. The molecule has 420 valence electrons. The smallest absolute Gasteiger partial charge is 0.305 e. The Labute approximate surface area is 443 Å². The minimum Gasteiger partial charge on any atom is -0.466 e. The van der Waals surface area contributed by atoms with Gasteiger partial charge in [-0.3, -0.25) is 9.59 Å². The molecule has 0 heterocycles. The molecule has 0 aromatic carbocycles. The topological polar surface area (TPSA) is 95.9 Å². The largest absolute Gasteiger partial charge is 0.466 e. The molecule has 0 fully saturated rings. The number of hydrogen-bond acceptors (Lipinski definition) is 5. The van der Waals surface area contributed by atoms with E-state index in [9.17, 15) is 19.8 Å². The van der Waals surface area contributed by atoms with E-state index in [1.54, 1.807) is 0 Å². The van der Waals surface area contributed by atoms with Crippen molar-refractivity contribution in [3.05, 3.63) is 24.3 Å². The Morgan fingerprint density at radius 1 is 0.380 bits per heavy atom. The van der Waals surface area contributed by atoms with Gasteiger partial charge in [0.25, 0.3) is 0 Å². The Morgan fingerprint density at radius 2 is 0.662 bits per heavy atom. The van der Waals surface area contributed by atoms with Crippen molar-refractivity contribution in [3.8, 4) is 0 Å². The molecule has 6 heteroatoms. The molecule has 0 rings (SSSR count). The first-order valence-electron chi connectivity index (χ1n) is 32.1. The standard InChI is InChI=1S/C65H125NO5/c1-3-5-7-9-11-13-15-17-18-19-29-32-35-39-43-47-51-55-59-65(70)71-60-56-52-48-44-40-36-33-30-27-25-23-21-20-22-24-26-28-31-34-38-42-46-50-54-58-64(69)66-62(61-67)63(68)57-53-49-45-41-37-16-14-12-10-8-6-4-2/h18-19,22,24,62-63,67-68H,3-17,20-21,23,25-61H2,1-2H3,(H,66,69)/b19-18-,24-22-. The Balaban J connectivity index is 3.37. The number of hydrogen-bond donors (Lipinski definition) is 3. The molecule has 2 unspecified atom stereocenters. The van der Waals surface area contributed by atoms with Crippen LogP contribution in [0.15, 0.2) is 24.3 Å². The monoisotopic (exact) mass is 1000 g/mol. The molecule has 2 atom stereocenters. The van der Waals surface area contributed by atoms with Crippen molar-refractivity contribution in [2.75, 3.05) is 13.2 Å². The van der Waals surface area contributed by atoms with Crippen LogP contribution in [0.2, 0.25) is 0 Å². The van der Waals surface area contributed by atoms with E-state index in [1.165, 1.54) is 276 Å². The highest BCUT2D eigenvalue weighted by atomic mass is 16.5. The summed E-state index contributed by atoms with van der Waals surface area (Å²) in [6.45, 7) is 4.96. The van der Waals surface area contributed by atoms with E-state index < -0.39 is 12.1 Å². The number of nitrogens with one attached hydrogen (secondary N) is 1. The van der Waals surface area contributed by atoms with E-state index >= 15 is 0 Å². The van der Waals surface area contributed by atoms with E-state index in [1.807, 2.05) is 0 Å². The Hall–Kier alpha value is -1.66. The van der Waals surface area contributed by atoms with Gasteiger partial charge in [-0.05, 0) is 77.0 Å². The van der Waals surface area contributed by atoms with Crippen LogP contribution < -0.4 is 5.32 Å². The van der Waals surface area contributed by atoms with Gasteiger partial charge in [-0.25, -0.2) is 0 Å². The van der Waals surface area contributed by atoms with Crippen molar-refractivity contribution in [2.24, 2.45) is 0 Å². The van der Waals surface area contributed by atoms with Crippen molar-refractivity contribution >= 4 is 11.9 Å². The average molecular weight is 1000 g/mol. The number of amides is 1. The van der Waals surface area contributed by atoms with Gasteiger partial charge in [0.15, 0.2) is 0 Å². The van der Waals surface area contributed by atoms with Gasteiger partial charge in [-0.15, -0.1) is 0 Å². The molecule has 0 bridgehead atoms. The lowest BCUT2D eigenvalue weighted by Crippen LogP contribution is -2.45. The van der Waals surface area contributed by atoms with Crippen LogP contribution in [0.3, 0.4) is 0 Å². The lowest BCUT2D eigenvalue weighted by atomic mass is 10.0. The molecule has 0 saturated heterocycles. The number of carbonyl (C=O) groups is 2. The third-order valence-electron chi connectivity index (χ3n) is 15.0. The zero-order valence-electron chi connectivity index (χ0n) is 48.0. The molecule has 0 saturated carbocycles. The summed E-state index contributed by atoms with van der Waals surface area (Å²) >= 11 is 0. The first-order valence-corrected chi connectivity index (χ1v) is 32.1. The van der Waals surface area contributed by atoms with Gasteiger partial charge in [-0.1, -0.05) is 289 Å². The third kappa shape index (κ3) is 57.5. The van der Waals surface area contributed by atoms with Crippen LogP contribution in [0, 0.1) is 0 Å². The Morgan fingerprint density at radius 3 is 1.00 bits per heavy atom. The number of allylic oxidation sites excluding steroid dienone is 4. The van der Waals surface area contributed by atoms with E-state index in [4.69, 9.17) is 4.74 Å². The van der Waals surface area contributed by atoms with Crippen molar-refractivity contribution in [3.63, 3.8) is 0 Å². The maximum atomic E-state index is 12.5. The zero-order chi connectivity index (χ0) is 51.4. The maximum absolute atomic E-state index is 12.5. The maximum Gasteiger partial charge on any atom is 0.305 e. The van der Waals surface area contributed by atoms with Crippen LogP contribution >= 0.6 is 0 Å². The highest BCUT2D eigenvalue weighted by molar-refractivity contribution is 5.76. The summed E-state index contributed by atoms with van der Waals surface area (Å²) in [4.78, 5) is 24.5. The number of aliphatic hydroxyl groups excluding tert-OH is 2. The fourth-order valence-corrected chi connectivity index (χ4v) is 10.0. The molecule has 0 aliphatic carbocycles. The van der Waals surface area contributed by atoms with E-state index in [0.29, 0.717) is 25.9 Å². The van der Waals surface area contributed by atoms with Crippen LogP contribution in [0.5, 0.6) is 0 Å². The summed E-state index contributed by atoms with van der Waals surface area (Å²) in [7, 11) is 0. The van der Waals surface area contributed by atoms with Crippen molar-refractivity contribution < 1.29 is 24.5 Å². The predicted molar refractivity (Wildman–Crippen MR) is 310 cm³/mol. The Bertz CT molecular complexity index is 1110. The molecule has 71 heavy (non-hydrogen) atoms. The molecule has 0 aromatic heterocycles. The minimum atomic E-state index is -0.666. The molecule has 1 amide bonds. The number of rotatable bonds is 60. The van der Waals surface area contributed by atoms with Gasteiger partial charge in [0.1, 0.15) is 0 Å². The van der Waals surface area contributed by atoms with Crippen LogP contribution in [-0.2, 0) is 14.3 Å². The second-order valence-corrected chi connectivity index (χ2v) is 22.1. The molecular formula is C65H125NO5. The number of carbonyl (C=O) groups excluding carboxylic acids is 2. The van der Waals surface area contributed by atoms with Gasteiger partial charge < -0.3 is 20.3 Å². The SMILES string of the molecule is CCCCCCCCC/C=C\CCCCCCCCCC(=O)OCCCCCCCCCCCCCC/C=C\CCCCCCCCCCC(=O)NC(CO)C(O)CCCCCCCCCCCCCC. The van der Waals surface area contributed by atoms with Crippen molar-refractivity contribution in [1.82, 2.24) is 5.32 Å². The zero-order valence-corrected chi connectivity index (χ0v) is 48.0. The second-order valence-electron chi connectivity index (χ2n) is 22.1. The number of ether oxygens (including phenoxy) is 1. The lowest BCUT2D eigenvalue weighted by molar-refractivity contribution is -0.143. The van der Waals surface area contributed by atoms with Crippen LogP contribution in [0.1, 0.15) is 354 Å². The summed E-state index contributed by atoms with van der Waals surface area (Å²) in [5.41, 5.74) is 0. The highest BCUT2D eigenvalue weighted by Gasteiger charge is 2.20. The fourth-order valence-electron chi connectivity index (χ4n) is 10.0. The van der Waals surface area contributed by atoms with Gasteiger partial charge in [0.05, 0.1) is 25.4 Å². The second kappa shape index (κ2) is 60.9. The van der Waals surface area contributed by atoms with E-state index in [2.05, 4.69) is 43.5 Å². The summed E-state index contributed by atoms with van der Waals surface area (Å²) < 4.78 is 5.50. The third-order valence-corrected chi connectivity index (χ3v) is 15.0. The summed E-state index contributed by atoms with van der Waals surface area (Å²) in [6, 6.07) is -0.543. The quantitative estimate of drug-likeness (QED) is 0.0320. The number of esters is 1. The van der Waals surface area contributed by atoms with Crippen LogP contribution in [-0.4, -0.2) is 47.4 Å². The molecule has 3 N–H and O–H groups in total. The van der Waals surface area contributed by atoms with Crippen molar-refractivity contribution in [2.45, 2.75) is 366 Å². The Kier molecular flexibility index (Phi) is 59.5. The lowest BCUT2D eigenvalue weighted by Gasteiger charge is -2.22. The molecule has 6 nitrogen and oxygen atoms in total. The molecule has 0 spiro atoms. The van der Waals surface area contributed by atoms with Crippen molar-refractivity contribution in [1.29, 1.82) is 0 Å². The fraction of sp³-hybridized carbons (Fsp3) is 0.908. The first-order chi connectivity index (χ1) is 35.0.